The molecule has 2 bridgehead atoms. The molecule has 0 unspecified atom stereocenters. The third-order valence-electron chi connectivity index (χ3n) is 6.25. The molecule has 25 heavy (non-hydrogen) atoms. The fraction of sp³-hybridized carbons (Fsp3) is 0.684. The minimum atomic E-state index is -0.381. The van der Waals surface area contributed by atoms with Crippen molar-refractivity contribution in [3.05, 3.63) is 24.4 Å². The number of nitrogens with zero attached hydrogens (tertiary/aromatic N) is 3. The maximum absolute atomic E-state index is 12.1. The van der Waals surface area contributed by atoms with Crippen molar-refractivity contribution in [2.24, 2.45) is 5.41 Å². The Kier molecular flexibility index (Phi) is 4.41. The molecule has 6 nitrogen and oxygen atoms in total. The first-order valence-corrected chi connectivity index (χ1v) is 9.26. The van der Waals surface area contributed by atoms with E-state index in [2.05, 4.69) is 20.9 Å². The van der Waals surface area contributed by atoms with E-state index in [1.165, 1.54) is 7.11 Å². The normalized spacial score (nSPS) is 32.6. The molecule has 0 aromatic carbocycles. The average molecular weight is 345 g/mol. The lowest BCUT2D eigenvalue weighted by atomic mass is 9.66. The van der Waals surface area contributed by atoms with Crippen LogP contribution >= 0.6 is 0 Å². The number of ether oxygens (including phenoxy) is 2. The minimum absolute atomic E-state index is 0.0665. The smallest absolute Gasteiger partial charge is 0.314 e. The van der Waals surface area contributed by atoms with Gasteiger partial charge >= 0.3 is 5.97 Å². The van der Waals surface area contributed by atoms with Gasteiger partial charge < -0.3 is 14.4 Å². The Morgan fingerprint density at radius 2 is 1.96 bits per heavy atom. The van der Waals surface area contributed by atoms with Gasteiger partial charge in [-0.2, -0.15) is 0 Å². The van der Waals surface area contributed by atoms with Crippen LogP contribution in [-0.4, -0.2) is 67.9 Å². The summed E-state index contributed by atoms with van der Waals surface area (Å²) in [5.41, 5.74) is -0.447. The van der Waals surface area contributed by atoms with Crippen molar-refractivity contribution < 1.29 is 14.3 Å². The molecule has 3 aliphatic heterocycles. The van der Waals surface area contributed by atoms with Gasteiger partial charge in [-0.05, 0) is 37.8 Å². The van der Waals surface area contributed by atoms with Crippen molar-refractivity contribution in [2.75, 3.05) is 51.3 Å². The fourth-order valence-corrected chi connectivity index (χ4v) is 4.53. The molecule has 0 N–H and O–H groups in total. The molecule has 1 saturated carbocycles. The molecule has 3 saturated heterocycles. The number of carbonyl (C=O) groups is 1. The molecule has 6 heteroatoms. The lowest BCUT2D eigenvalue weighted by Crippen LogP contribution is -2.60. The molecule has 1 aromatic heterocycles. The number of anilines is 1. The maximum Gasteiger partial charge on any atom is 0.314 e. The first-order valence-electron chi connectivity index (χ1n) is 9.26. The summed E-state index contributed by atoms with van der Waals surface area (Å²) in [6.45, 7) is 5.56. The number of carbonyl (C=O) groups excluding carboxylic acids is 1. The summed E-state index contributed by atoms with van der Waals surface area (Å²) < 4.78 is 11.2. The van der Waals surface area contributed by atoms with Crippen LogP contribution in [0.4, 0.5) is 5.82 Å². The van der Waals surface area contributed by atoms with E-state index in [1.807, 2.05) is 18.3 Å². The first kappa shape index (κ1) is 16.8. The number of hydrogen-bond acceptors (Lipinski definition) is 6. The number of methoxy groups -OCH3 is 1. The number of fused-ring (bicyclic) bond motifs is 3. The number of piperazine rings is 1. The molecule has 0 radical (unpaired) electrons. The molecule has 4 fully saturated rings. The van der Waals surface area contributed by atoms with E-state index in [4.69, 9.17) is 9.47 Å². The van der Waals surface area contributed by atoms with Crippen molar-refractivity contribution in [2.45, 2.75) is 31.3 Å². The molecule has 0 atom stereocenters. The minimum Gasteiger partial charge on any atom is -0.469 e. The largest absolute Gasteiger partial charge is 0.469 e. The van der Waals surface area contributed by atoms with Gasteiger partial charge in [-0.25, -0.2) is 4.98 Å². The van der Waals surface area contributed by atoms with E-state index >= 15 is 0 Å². The number of aromatic nitrogens is 1. The number of rotatable bonds is 4. The molecular weight excluding hydrogens is 318 g/mol. The monoisotopic (exact) mass is 345 g/mol. The van der Waals surface area contributed by atoms with Crippen LogP contribution in [0.2, 0.25) is 0 Å². The third-order valence-corrected chi connectivity index (χ3v) is 6.25. The van der Waals surface area contributed by atoms with Crippen LogP contribution in [0, 0.1) is 5.41 Å². The van der Waals surface area contributed by atoms with Crippen molar-refractivity contribution in [1.82, 2.24) is 9.88 Å². The second kappa shape index (κ2) is 6.57. The summed E-state index contributed by atoms with van der Waals surface area (Å²) in [6, 6.07) is 6.07. The molecule has 4 heterocycles. The standard InChI is InChI=1S/C19H27N3O3/c1-24-17(23)18-5-7-19(8-6-18,25-15-18)14-21-10-12-22(13-11-21)16-4-2-3-9-20-16/h2-4,9H,5-8,10-15H2,1H3. The van der Waals surface area contributed by atoms with Crippen molar-refractivity contribution >= 4 is 11.8 Å². The van der Waals surface area contributed by atoms with E-state index in [9.17, 15) is 4.79 Å². The maximum atomic E-state index is 12.1. The molecule has 1 aromatic rings. The predicted octanol–water partition coefficient (Wildman–Crippen LogP) is 1.71. The summed E-state index contributed by atoms with van der Waals surface area (Å²) in [4.78, 5) is 21.4. The lowest BCUT2D eigenvalue weighted by molar-refractivity contribution is -0.208. The van der Waals surface area contributed by atoms with Gasteiger partial charge in [-0.1, -0.05) is 6.07 Å². The van der Waals surface area contributed by atoms with E-state index in [0.29, 0.717) is 6.61 Å². The van der Waals surface area contributed by atoms with E-state index in [1.54, 1.807) is 0 Å². The van der Waals surface area contributed by atoms with Crippen LogP contribution in [0.3, 0.4) is 0 Å². The Hall–Kier alpha value is -1.66. The van der Waals surface area contributed by atoms with Crippen LogP contribution in [-0.2, 0) is 14.3 Å². The highest BCUT2D eigenvalue weighted by atomic mass is 16.5. The van der Waals surface area contributed by atoms with Gasteiger partial charge in [0.2, 0.25) is 0 Å². The van der Waals surface area contributed by atoms with Gasteiger partial charge in [0.25, 0.3) is 0 Å². The Bertz CT molecular complexity index is 589. The zero-order valence-electron chi connectivity index (χ0n) is 14.9. The molecular formula is C19H27N3O3. The summed E-state index contributed by atoms with van der Waals surface area (Å²) in [5.74, 6) is 0.972. The topological polar surface area (TPSA) is 54.9 Å². The molecule has 136 valence electrons. The second-order valence-electron chi connectivity index (χ2n) is 7.69. The second-order valence-corrected chi connectivity index (χ2v) is 7.69. The van der Waals surface area contributed by atoms with Crippen LogP contribution in [0.1, 0.15) is 25.7 Å². The van der Waals surface area contributed by atoms with Gasteiger partial charge in [-0.15, -0.1) is 0 Å². The Morgan fingerprint density at radius 1 is 1.20 bits per heavy atom. The third kappa shape index (κ3) is 3.13. The van der Waals surface area contributed by atoms with E-state index < -0.39 is 0 Å². The molecule has 0 amide bonds. The highest BCUT2D eigenvalue weighted by Gasteiger charge is 2.54. The first-order chi connectivity index (χ1) is 12.1. The van der Waals surface area contributed by atoms with E-state index in [0.717, 1.165) is 64.2 Å². The summed E-state index contributed by atoms with van der Waals surface area (Å²) in [6.07, 6.45) is 5.57. The number of esters is 1. The predicted molar refractivity (Wildman–Crippen MR) is 94.5 cm³/mol. The summed E-state index contributed by atoms with van der Waals surface area (Å²) >= 11 is 0. The van der Waals surface area contributed by atoms with Crippen molar-refractivity contribution in [3.63, 3.8) is 0 Å². The molecule has 5 rings (SSSR count). The molecule has 4 aliphatic rings. The Morgan fingerprint density at radius 3 is 2.52 bits per heavy atom. The summed E-state index contributed by atoms with van der Waals surface area (Å²) in [7, 11) is 1.48. The summed E-state index contributed by atoms with van der Waals surface area (Å²) in [5, 5.41) is 0. The van der Waals surface area contributed by atoms with Crippen LogP contribution in [0.25, 0.3) is 0 Å². The zero-order valence-corrected chi connectivity index (χ0v) is 14.9. The highest BCUT2D eigenvalue weighted by Crippen LogP contribution is 2.49. The number of pyridine rings is 1. The fourth-order valence-electron chi connectivity index (χ4n) is 4.53. The van der Waals surface area contributed by atoms with Crippen LogP contribution in [0.15, 0.2) is 24.4 Å². The van der Waals surface area contributed by atoms with Gasteiger partial charge in [0, 0.05) is 38.9 Å². The quantitative estimate of drug-likeness (QED) is 0.775. The van der Waals surface area contributed by atoms with Gasteiger partial charge in [0.1, 0.15) is 5.82 Å². The Labute approximate surface area is 149 Å². The van der Waals surface area contributed by atoms with Crippen LogP contribution in [0.5, 0.6) is 0 Å². The van der Waals surface area contributed by atoms with Crippen molar-refractivity contribution in [3.8, 4) is 0 Å². The van der Waals surface area contributed by atoms with Crippen molar-refractivity contribution in [1.29, 1.82) is 0 Å². The Balaban J connectivity index is 1.32. The highest BCUT2D eigenvalue weighted by molar-refractivity contribution is 5.77. The molecule has 1 aliphatic carbocycles. The van der Waals surface area contributed by atoms with Gasteiger partial charge in [0.05, 0.1) is 24.7 Å². The van der Waals surface area contributed by atoms with Gasteiger partial charge in [0.15, 0.2) is 0 Å². The SMILES string of the molecule is COC(=O)C12CCC(CN3CCN(c4ccccn4)CC3)(CC1)OC2. The average Bonchev–Trinajstić information content (AvgIpc) is 2.70. The van der Waals surface area contributed by atoms with E-state index in [-0.39, 0.29) is 17.0 Å². The molecule has 0 spiro atoms. The lowest BCUT2D eigenvalue weighted by Gasteiger charge is -2.53. The van der Waals surface area contributed by atoms with Gasteiger partial charge in [-0.3, -0.25) is 9.69 Å². The van der Waals surface area contributed by atoms with Crippen LogP contribution < -0.4 is 4.90 Å². The zero-order chi connectivity index (χ0) is 17.3. The number of hydrogen-bond donors (Lipinski definition) is 0.